The lowest BCUT2D eigenvalue weighted by Crippen LogP contribution is -2.33. The van der Waals surface area contributed by atoms with Gasteiger partial charge in [-0.2, -0.15) is 5.10 Å². The summed E-state index contributed by atoms with van der Waals surface area (Å²) in [6, 6.07) is 0.0892. The highest BCUT2D eigenvalue weighted by atomic mass is 35.5. The average molecular weight is 278 g/mol. The van der Waals surface area contributed by atoms with Crippen LogP contribution < -0.4 is 5.32 Å². The number of nitrogens with zero attached hydrogens (tertiary/aromatic N) is 2. The highest BCUT2D eigenvalue weighted by Crippen LogP contribution is 2.13. The number of hydrogen-bond acceptors (Lipinski definition) is 4. The van der Waals surface area contributed by atoms with Gasteiger partial charge in [-0.15, -0.1) is 0 Å². The van der Waals surface area contributed by atoms with Crippen molar-refractivity contribution in [2.75, 3.05) is 18.1 Å². The Hall–Kier alpha value is -0.590. The first-order chi connectivity index (χ1) is 7.98. The highest BCUT2D eigenvalue weighted by molar-refractivity contribution is 7.91. The molecule has 2 rings (SSSR count). The predicted molar refractivity (Wildman–Crippen MR) is 67.0 cm³/mol. The molecule has 0 amide bonds. The maximum Gasteiger partial charge on any atom is 0.151 e. The van der Waals surface area contributed by atoms with Crippen molar-refractivity contribution < 1.29 is 8.42 Å². The first kappa shape index (κ1) is 12.9. The molecule has 2 heterocycles. The van der Waals surface area contributed by atoms with E-state index in [0.717, 1.165) is 5.69 Å². The van der Waals surface area contributed by atoms with Crippen molar-refractivity contribution in [2.45, 2.75) is 25.9 Å². The van der Waals surface area contributed by atoms with E-state index in [0.29, 0.717) is 30.3 Å². The Morgan fingerprint density at radius 2 is 2.41 bits per heavy atom. The third-order valence-corrected chi connectivity index (χ3v) is 5.17. The van der Waals surface area contributed by atoms with Gasteiger partial charge in [-0.25, -0.2) is 8.42 Å². The van der Waals surface area contributed by atoms with Crippen LogP contribution in [0.15, 0.2) is 6.20 Å². The maximum absolute atomic E-state index is 11.3. The molecule has 17 heavy (non-hydrogen) atoms. The lowest BCUT2D eigenvalue weighted by atomic mass is 10.2. The molecule has 1 N–H and O–H groups in total. The molecule has 0 bridgehead atoms. The van der Waals surface area contributed by atoms with Crippen LogP contribution in [0.4, 0.5) is 0 Å². The summed E-state index contributed by atoms with van der Waals surface area (Å²) < 4.78 is 24.3. The molecular weight excluding hydrogens is 262 g/mol. The van der Waals surface area contributed by atoms with Crippen molar-refractivity contribution in [2.24, 2.45) is 0 Å². The second kappa shape index (κ2) is 4.96. The van der Waals surface area contributed by atoms with Crippen LogP contribution in [-0.4, -0.2) is 42.3 Å². The lowest BCUT2D eigenvalue weighted by molar-refractivity contribution is 0.494. The smallest absolute Gasteiger partial charge is 0.151 e. The number of rotatable bonds is 4. The summed E-state index contributed by atoms with van der Waals surface area (Å²) >= 11 is 5.89. The molecule has 1 atom stereocenters. The van der Waals surface area contributed by atoms with Gasteiger partial charge in [0, 0.05) is 12.6 Å². The molecule has 0 spiro atoms. The van der Waals surface area contributed by atoms with Crippen LogP contribution in [0.5, 0.6) is 0 Å². The SMILES string of the molecule is Cc1c(Cl)cnn1CCNC1CCS(=O)(=O)C1. The van der Waals surface area contributed by atoms with Crippen LogP contribution in [0.25, 0.3) is 0 Å². The Labute approximate surface area is 106 Å². The maximum atomic E-state index is 11.3. The zero-order valence-corrected chi connectivity index (χ0v) is 11.3. The first-order valence-corrected chi connectivity index (χ1v) is 7.79. The van der Waals surface area contributed by atoms with E-state index in [2.05, 4.69) is 10.4 Å². The predicted octanol–water partition coefficient (Wildman–Crippen LogP) is 0.622. The molecule has 0 aromatic carbocycles. The van der Waals surface area contributed by atoms with Crippen molar-refractivity contribution in [3.63, 3.8) is 0 Å². The van der Waals surface area contributed by atoms with Gasteiger partial charge in [0.25, 0.3) is 0 Å². The zero-order chi connectivity index (χ0) is 12.5. The van der Waals surface area contributed by atoms with Crippen LogP contribution in [-0.2, 0) is 16.4 Å². The third-order valence-electron chi connectivity index (χ3n) is 3.03. The van der Waals surface area contributed by atoms with E-state index in [-0.39, 0.29) is 11.8 Å². The Bertz CT molecular complexity index is 498. The Balaban J connectivity index is 1.79. The molecular formula is C10H16ClN3O2S. The number of hydrogen-bond donors (Lipinski definition) is 1. The minimum Gasteiger partial charge on any atom is -0.311 e. The van der Waals surface area contributed by atoms with E-state index in [1.807, 2.05) is 11.6 Å². The second-order valence-corrected chi connectivity index (χ2v) is 6.99. The second-order valence-electron chi connectivity index (χ2n) is 4.36. The summed E-state index contributed by atoms with van der Waals surface area (Å²) in [4.78, 5) is 0. The zero-order valence-electron chi connectivity index (χ0n) is 9.69. The monoisotopic (exact) mass is 277 g/mol. The molecule has 1 aromatic rings. The van der Waals surface area contributed by atoms with Crippen molar-refractivity contribution >= 4 is 21.4 Å². The van der Waals surface area contributed by atoms with E-state index >= 15 is 0 Å². The molecule has 0 saturated carbocycles. The Morgan fingerprint density at radius 1 is 1.65 bits per heavy atom. The van der Waals surface area contributed by atoms with E-state index in [4.69, 9.17) is 11.6 Å². The fourth-order valence-electron chi connectivity index (χ4n) is 1.98. The van der Waals surface area contributed by atoms with Gasteiger partial charge >= 0.3 is 0 Å². The van der Waals surface area contributed by atoms with E-state index < -0.39 is 9.84 Å². The van der Waals surface area contributed by atoms with Crippen molar-refractivity contribution in [1.29, 1.82) is 0 Å². The number of halogens is 1. The van der Waals surface area contributed by atoms with Gasteiger partial charge in [-0.05, 0) is 13.3 Å². The molecule has 5 nitrogen and oxygen atoms in total. The summed E-state index contributed by atoms with van der Waals surface area (Å²) in [5, 5.41) is 8.03. The van der Waals surface area contributed by atoms with Gasteiger partial charge in [-0.3, -0.25) is 4.68 Å². The van der Waals surface area contributed by atoms with Crippen LogP contribution in [0.3, 0.4) is 0 Å². The van der Waals surface area contributed by atoms with Crippen molar-refractivity contribution in [1.82, 2.24) is 15.1 Å². The van der Waals surface area contributed by atoms with E-state index in [9.17, 15) is 8.42 Å². The third kappa shape index (κ3) is 3.20. The van der Waals surface area contributed by atoms with Crippen LogP contribution in [0, 0.1) is 6.92 Å². The van der Waals surface area contributed by atoms with Gasteiger partial charge in [-0.1, -0.05) is 11.6 Å². The molecule has 1 saturated heterocycles. The number of aromatic nitrogens is 2. The summed E-state index contributed by atoms with van der Waals surface area (Å²) in [6.45, 7) is 3.32. The van der Waals surface area contributed by atoms with Gasteiger partial charge in [0.2, 0.25) is 0 Å². The van der Waals surface area contributed by atoms with Crippen LogP contribution >= 0.6 is 11.6 Å². The first-order valence-electron chi connectivity index (χ1n) is 5.60. The molecule has 0 radical (unpaired) electrons. The Kier molecular flexibility index (Phi) is 3.75. The van der Waals surface area contributed by atoms with Gasteiger partial charge in [0.1, 0.15) is 0 Å². The standard InChI is InChI=1S/C10H16ClN3O2S/c1-8-10(11)6-13-14(8)4-3-12-9-2-5-17(15,16)7-9/h6,9,12H,2-5,7H2,1H3. The molecule has 1 fully saturated rings. The molecule has 96 valence electrons. The average Bonchev–Trinajstić information content (AvgIpc) is 2.75. The largest absolute Gasteiger partial charge is 0.311 e. The van der Waals surface area contributed by atoms with Crippen molar-refractivity contribution in [3.05, 3.63) is 16.9 Å². The topological polar surface area (TPSA) is 64.0 Å². The molecule has 1 aromatic heterocycles. The van der Waals surface area contributed by atoms with Gasteiger partial charge in [0.15, 0.2) is 9.84 Å². The van der Waals surface area contributed by atoms with Gasteiger partial charge < -0.3 is 5.32 Å². The number of sulfone groups is 1. The van der Waals surface area contributed by atoms with E-state index in [1.165, 1.54) is 0 Å². The quantitative estimate of drug-likeness (QED) is 0.876. The molecule has 1 unspecified atom stereocenters. The molecule has 1 aliphatic heterocycles. The minimum atomic E-state index is -2.80. The summed E-state index contributed by atoms with van der Waals surface area (Å²) in [6.07, 6.45) is 2.33. The van der Waals surface area contributed by atoms with E-state index in [1.54, 1.807) is 6.20 Å². The van der Waals surface area contributed by atoms with Crippen LogP contribution in [0.2, 0.25) is 5.02 Å². The highest BCUT2D eigenvalue weighted by Gasteiger charge is 2.27. The summed E-state index contributed by atoms with van der Waals surface area (Å²) in [7, 11) is -2.80. The minimum absolute atomic E-state index is 0.0892. The summed E-state index contributed by atoms with van der Waals surface area (Å²) in [5.41, 5.74) is 0.938. The van der Waals surface area contributed by atoms with Gasteiger partial charge in [0.05, 0.1) is 35.0 Å². The van der Waals surface area contributed by atoms with Crippen molar-refractivity contribution in [3.8, 4) is 0 Å². The number of nitrogens with one attached hydrogen (secondary N) is 1. The van der Waals surface area contributed by atoms with Crippen LogP contribution in [0.1, 0.15) is 12.1 Å². The lowest BCUT2D eigenvalue weighted by Gasteiger charge is -2.11. The molecule has 7 heteroatoms. The fourth-order valence-corrected chi connectivity index (χ4v) is 3.83. The summed E-state index contributed by atoms with van der Waals surface area (Å²) in [5.74, 6) is 0.559. The Morgan fingerprint density at radius 3 is 2.94 bits per heavy atom. The normalized spacial score (nSPS) is 23.1. The molecule has 0 aliphatic carbocycles. The molecule has 1 aliphatic rings. The fraction of sp³-hybridized carbons (Fsp3) is 0.700.